The molecule has 1 fully saturated rings. The Labute approximate surface area is 91.8 Å². The summed E-state index contributed by atoms with van der Waals surface area (Å²) in [7, 11) is 4.14. The fraction of sp³-hybridized carbons (Fsp3) is 0.462. The molecule has 0 spiro atoms. The lowest BCUT2D eigenvalue weighted by atomic mass is 10.2. The molecule has 15 heavy (non-hydrogen) atoms. The summed E-state index contributed by atoms with van der Waals surface area (Å²) in [6, 6.07) is 8.71. The van der Waals surface area contributed by atoms with Gasteiger partial charge in [-0.1, -0.05) is 0 Å². The van der Waals surface area contributed by atoms with Crippen molar-refractivity contribution in [2.45, 2.75) is 12.8 Å². The molecular weight excluding hydrogens is 184 g/mol. The summed E-state index contributed by atoms with van der Waals surface area (Å²) < 4.78 is 2.41. The first kappa shape index (κ1) is 10.2. The zero-order valence-corrected chi connectivity index (χ0v) is 9.61. The Balaban J connectivity index is 2.13. The quantitative estimate of drug-likeness (QED) is 0.666. The van der Waals surface area contributed by atoms with Crippen molar-refractivity contribution >= 4 is 11.9 Å². The molecule has 1 saturated heterocycles. The third-order valence-corrected chi connectivity index (χ3v) is 2.88. The van der Waals surface area contributed by atoms with E-state index in [1.165, 1.54) is 37.2 Å². The first-order chi connectivity index (χ1) is 7.25. The van der Waals surface area contributed by atoms with Crippen molar-refractivity contribution in [2.75, 3.05) is 32.1 Å². The second-order valence-corrected chi connectivity index (χ2v) is 4.36. The molecule has 0 radical (unpaired) electrons. The van der Waals surface area contributed by atoms with Crippen LogP contribution in [0.15, 0.2) is 24.3 Å². The normalized spacial score (nSPS) is 15.5. The summed E-state index contributed by atoms with van der Waals surface area (Å²) in [6.45, 7) is 2.44. The summed E-state index contributed by atoms with van der Waals surface area (Å²) in [5.74, 6) is 0. The third-order valence-electron chi connectivity index (χ3n) is 2.88. The summed E-state index contributed by atoms with van der Waals surface area (Å²) in [5, 5.41) is 0. The molecule has 2 heteroatoms. The fourth-order valence-corrected chi connectivity index (χ4v) is 1.94. The molecule has 0 N–H and O–H groups in total. The monoisotopic (exact) mass is 203 g/mol. The molecule has 0 bridgehead atoms. The van der Waals surface area contributed by atoms with Gasteiger partial charge in [0.1, 0.15) is 13.1 Å². The van der Waals surface area contributed by atoms with Gasteiger partial charge in [0.05, 0.1) is 0 Å². The van der Waals surface area contributed by atoms with Crippen molar-refractivity contribution in [3.8, 4) is 0 Å². The minimum absolute atomic E-state index is 1.22. The van der Waals surface area contributed by atoms with Crippen LogP contribution in [-0.2, 0) is 0 Å². The second kappa shape index (κ2) is 4.47. The van der Waals surface area contributed by atoms with Crippen molar-refractivity contribution < 1.29 is 4.58 Å². The molecule has 0 aliphatic carbocycles. The number of nitrogens with zero attached hydrogens (tertiary/aromatic N) is 2. The number of hydrogen-bond donors (Lipinski definition) is 0. The van der Waals surface area contributed by atoms with E-state index in [-0.39, 0.29) is 0 Å². The molecule has 1 aliphatic rings. The maximum atomic E-state index is 2.41. The van der Waals surface area contributed by atoms with E-state index in [1.54, 1.807) is 0 Å². The average Bonchev–Trinajstić information content (AvgIpc) is 2.71. The van der Waals surface area contributed by atoms with Gasteiger partial charge >= 0.3 is 0 Å². The van der Waals surface area contributed by atoms with Crippen molar-refractivity contribution in [3.63, 3.8) is 0 Å². The minimum Gasteiger partial charge on any atom is -0.378 e. The molecule has 0 atom stereocenters. The fourth-order valence-electron chi connectivity index (χ4n) is 1.94. The summed E-state index contributed by atoms with van der Waals surface area (Å²) in [6.07, 6.45) is 4.95. The molecule has 1 aromatic carbocycles. The molecule has 2 rings (SSSR count). The van der Waals surface area contributed by atoms with Gasteiger partial charge in [-0.05, 0) is 24.3 Å². The van der Waals surface area contributed by atoms with Gasteiger partial charge in [-0.2, -0.15) is 0 Å². The maximum absolute atomic E-state index is 2.41. The van der Waals surface area contributed by atoms with Gasteiger partial charge in [0.15, 0.2) is 6.21 Å². The van der Waals surface area contributed by atoms with Crippen molar-refractivity contribution in [1.29, 1.82) is 0 Å². The maximum Gasteiger partial charge on any atom is 0.170 e. The highest BCUT2D eigenvalue weighted by Gasteiger charge is 2.11. The lowest BCUT2D eigenvalue weighted by Crippen LogP contribution is -2.10. The van der Waals surface area contributed by atoms with Gasteiger partial charge < -0.3 is 4.90 Å². The zero-order chi connectivity index (χ0) is 10.7. The Hall–Kier alpha value is -1.31. The summed E-state index contributed by atoms with van der Waals surface area (Å²) in [5.41, 5.74) is 2.57. The molecule has 80 valence electrons. The Morgan fingerprint density at radius 3 is 2.20 bits per heavy atom. The predicted octanol–water partition coefficient (Wildman–Crippen LogP) is 1.98. The highest BCUT2D eigenvalue weighted by molar-refractivity contribution is 5.76. The zero-order valence-electron chi connectivity index (χ0n) is 9.61. The highest BCUT2D eigenvalue weighted by Crippen LogP contribution is 2.11. The van der Waals surface area contributed by atoms with Crippen LogP contribution in [0.25, 0.3) is 0 Å². The van der Waals surface area contributed by atoms with Gasteiger partial charge in [-0.25, -0.2) is 4.58 Å². The number of rotatable bonds is 2. The van der Waals surface area contributed by atoms with Crippen LogP contribution < -0.4 is 4.90 Å². The van der Waals surface area contributed by atoms with E-state index in [2.05, 4.69) is 54.1 Å². The van der Waals surface area contributed by atoms with Crippen LogP contribution in [-0.4, -0.2) is 38.0 Å². The first-order valence-corrected chi connectivity index (χ1v) is 5.62. The molecular formula is C13H19N2+. The average molecular weight is 203 g/mol. The SMILES string of the molecule is CN(C)c1ccc(C=[N+]2CCCC2)cc1. The molecule has 2 nitrogen and oxygen atoms in total. The van der Waals surface area contributed by atoms with Crippen LogP contribution in [0.2, 0.25) is 0 Å². The smallest absolute Gasteiger partial charge is 0.170 e. The molecule has 0 unspecified atom stereocenters. The van der Waals surface area contributed by atoms with E-state index in [4.69, 9.17) is 0 Å². The van der Waals surface area contributed by atoms with Crippen LogP contribution in [0, 0.1) is 0 Å². The lowest BCUT2D eigenvalue weighted by molar-refractivity contribution is -0.500. The largest absolute Gasteiger partial charge is 0.378 e. The van der Waals surface area contributed by atoms with Crippen molar-refractivity contribution in [2.24, 2.45) is 0 Å². The molecule has 0 aromatic heterocycles. The standard InChI is InChI=1S/C13H19N2/c1-14(2)13-7-5-12(6-8-13)11-15-9-3-4-10-15/h5-8,11H,3-4,9-10H2,1-2H3/q+1. The first-order valence-electron chi connectivity index (χ1n) is 5.62. The number of benzene rings is 1. The Morgan fingerprint density at radius 1 is 1.07 bits per heavy atom. The molecule has 1 aromatic rings. The summed E-state index contributed by atoms with van der Waals surface area (Å²) in [4.78, 5) is 2.12. The Morgan fingerprint density at radius 2 is 1.67 bits per heavy atom. The van der Waals surface area contributed by atoms with Gasteiger partial charge in [0.25, 0.3) is 0 Å². The van der Waals surface area contributed by atoms with Gasteiger partial charge in [0, 0.05) is 38.2 Å². The van der Waals surface area contributed by atoms with Crippen LogP contribution in [0.5, 0.6) is 0 Å². The van der Waals surface area contributed by atoms with Crippen LogP contribution in [0.1, 0.15) is 18.4 Å². The van der Waals surface area contributed by atoms with Crippen molar-refractivity contribution in [3.05, 3.63) is 29.8 Å². The lowest BCUT2D eigenvalue weighted by Gasteiger charge is -2.11. The number of anilines is 1. The van der Waals surface area contributed by atoms with Gasteiger partial charge in [-0.15, -0.1) is 0 Å². The molecule has 1 aliphatic heterocycles. The predicted molar refractivity (Wildman–Crippen MR) is 65.2 cm³/mol. The number of hydrogen-bond acceptors (Lipinski definition) is 1. The van der Waals surface area contributed by atoms with E-state index < -0.39 is 0 Å². The van der Waals surface area contributed by atoms with E-state index >= 15 is 0 Å². The van der Waals surface area contributed by atoms with Crippen LogP contribution in [0.3, 0.4) is 0 Å². The van der Waals surface area contributed by atoms with Crippen LogP contribution >= 0.6 is 0 Å². The van der Waals surface area contributed by atoms with E-state index in [1.807, 2.05) is 0 Å². The molecule has 0 saturated carbocycles. The topological polar surface area (TPSA) is 6.25 Å². The Kier molecular flexibility index (Phi) is 3.05. The van der Waals surface area contributed by atoms with Crippen molar-refractivity contribution in [1.82, 2.24) is 0 Å². The Bertz CT molecular complexity index is 341. The second-order valence-electron chi connectivity index (χ2n) is 4.36. The molecule has 1 heterocycles. The van der Waals surface area contributed by atoms with E-state index in [9.17, 15) is 0 Å². The highest BCUT2D eigenvalue weighted by atomic mass is 15.1. The molecule has 0 amide bonds. The van der Waals surface area contributed by atoms with Gasteiger partial charge in [-0.3, -0.25) is 0 Å². The summed E-state index contributed by atoms with van der Waals surface area (Å²) >= 11 is 0. The van der Waals surface area contributed by atoms with Gasteiger partial charge in [0.2, 0.25) is 0 Å². The van der Waals surface area contributed by atoms with E-state index in [0.717, 1.165) is 0 Å². The van der Waals surface area contributed by atoms with Crippen LogP contribution in [0.4, 0.5) is 5.69 Å². The third kappa shape index (κ3) is 2.58. The van der Waals surface area contributed by atoms with E-state index in [0.29, 0.717) is 0 Å². The minimum atomic E-state index is 1.22.